The predicted octanol–water partition coefficient (Wildman–Crippen LogP) is 5.26. The zero-order chi connectivity index (χ0) is 26.5. The maximum atomic E-state index is 13.4. The number of H-pyrrole nitrogens is 1. The lowest BCUT2D eigenvalue weighted by molar-refractivity contribution is -0.763. The van der Waals surface area contributed by atoms with Crippen molar-refractivity contribution >= 4 is 39.3 Å². The van der Waals surface area contributed by atoms with Crippen LogP contribution in [-0.4, -0.2) is 35.0 Å². The number of fused-ring (bicyclic) bond motifs is 3. The number of amides is 1. The zero-order valence-corrected chi connectivity index (χ0v) is 23.5. The standard InChI is InChI=1S/C27H29BrN4O4S/c1-5-8-14-37-27-29-25(34)23-19-11-9-10-12-21(19)31(17(4)33)26(32(23)30-27)18-15-20(28)24(36-13-6-2)22(16-18)35-7-3/h6,9-12,15-16,26H,2,5,7-8,13-14H2,1,3-4H3/p+1/t26-/m0/s1. The van der Waals surface area contributed by atoms with Crippen molar-refractivity contribution in [3.05, 3.63) is 69.4 Å². The van der Waals surface area contributed by atoms with Gasteiger partial charge in [0, 0.05) is 17.8 Å². The van der Waals surface area contributed by atoms with Gasteiger partial charge in [0.05, 0.1) is 27.9 Å². The summed E-state index contributed by atoms with van der Waals surface area (Å²) in [5, 5.41) is 5.35. The molecule has 0 aliphatic carbocycles. The maximum Gasteiger partial charge on any atom is 0.325 e. The van der Waals surface area contributed by atoms with Gasteiger partial charge in [-0.2, -0.15) is 0 Å². The number of nitrogens with one attached hydrogen (secondary N) is 1. The first kappa shape index (κ1) is 26.9. The number of hydrogen-bond acceptors (Lipinski definition) is 6. The number of unbranched alkanes of at least 4 members (excludes halogenated alkanes) is 1. The fraction of sp³-hybridized carbons (Fsp3) is 0.333. The van der Waals surface area contributed by atoms with E-state index in [4.69, 9.17) is 14.6 Å². The third-order valence-corrected chi connectivity index (χ3v) is 7.35. The molecule has 3 aromatic rings. The average molecular weight is 587 g/mol. The van der Waals surface area contributed by atoms with Crippen molar-refractivity contribution in [1.29, 1.82) is 0 Å². The van der Waals surface area contributed by atoms with Gasteiger partial charge in [-0.25, -0.2) is 4.90 Å². The second kappa shape index (κ2) is 12.0. The number of hydrogen-bond donors (Lipinski definition) is 1. The molecule has 0 radical (unpaired) electrons. The van der Waals surface area contributed by atoms with Crippen molar-refractivity contribution in [2.45, 2.75) is 44.9 Å². The van der Waals surface area contributed by atoms with E-state index < -0.39 is 6.17 Å². The van der Waals surface area contributed by atoms with Crippen molar-refractivity contribution in [1.82, 2.24) is 10.1 Å². The Morgan fingerprint density at radius 2 is 2.08 bits per heavy atom. The van der Waals surface area contributed by atoms with E-state index in [-0.39, 0.29) is 11.5 Å². The van der Waals surface area contributed by atoms with Crippen LogP contribution in [0.15, 0.2) is 63.5 Å². The number of carbonyl (C=O) groups is 1. The van der Waals surface area contributed by atoms with Gasteiger partial charge in [0.25, 0.3) is 6.17 Å². The molecule has 0 bridgehead atoms. The van der Waals surface area contributed by atoms with Gasteiger partial charge in [-0.1, -0.05) is 49.9 Å². The molecular weight excluding hydrogens is 556 g/mol. The predicted molar refractivity (Wildman–Crippen MR) is 148 cm³/mol. The van der Waals surface area contributed by atoms with Crippen LogP contribution < -0.4 is 24.6 Å². The monoisotopic (exact) mass is 585 g/mol. The molecule has 8 nitrogen and oxygen atoms in total. The summed E-state index contributed by atoms with van der Waals surface area (Å²) >= 11 is 5.11. The van der Waals surface area contributed by atoms with E-state index in [1.54, 1.807) is 15.7 Å². The van der Waals surface area contributed by atoms with Crippen molar-refractivity contribution in [2.24, 2.45) is 0 Å². The molecule has 1 atom stereocenters. The Balaban J connectivity index is 1.97. The minimum atomic E-state index is -0.723. The van der Waals surface area contributed by atoms with Gasteiger partial charge >= 0.3 is 11.3 Å². The van der Waals surface area contributed by atoms with Crippen LogP contribution >= 0.6 is 27.7 Å². The molecule has 0 spiro atoms. The highest BCUT2D eigenvalue weighted by molar-refractivity contribution is 9.10. The van der Waals surface area contributed by atoms with Crippen molar-refractivity contribution < 1.29 is 19.0 Å². The number of rotatable bonds is 10. The largest absolute Gasteiger partial charge is 0.490 e. The van der Waals surface area contributed by atoms with Gasteiger partial charge in [0.2, 0.25) is 11.1 Å². The molecule has 4 rings (SSSR count). The number of aromatic amines is 1. The van der Waals surface area contributed by atoms with Crippen LogP contribution in [0.1, 0.15) is 45.3 Å². The van der Waals surface area contributed by atoms with Crippen molar-refractivity contribution in [3.63, 3.8) is 0 Å². The topological polar surface area (TPSA) is 88.4 Å². The van der Waals surface area contributed by atoms with Gasteiger partial charge < -0.3 is 9.47 Å². The van der Waals surface area contributed by atoms with E-state index in [1.807, 2.05) is 43.3 Å². The third kappa shape index (κ3) is 5.45. The fourth-order valence-corrected chi connectivity index (χ4v) is 5.78. The van der Waals surface area contributed by atoms with E-state index >= 15 is 0 Å². The Kier molecular flexibility index (Phi) is 8.71. The molecule has 1 aliphatic heterocycles. The summed E-state index contributed by atoms with van der Waals surface area (Å²) in [5.74, 6) is 1.70. The molecule has 37 heavy (non-hydrogen) atoms. The lowest BCUT2D eigenvalue weighted by Crippen LogP contribution is -2.60. The van der Waals surface area contributed by atoms with Gasteiger partial charge in [0.15, 0.2) is 11.5 Å². The quantitative estimate of drug-likeness (QED) is 0.151. The molecule has 0 saturated carbocycles. The maximum absolute atomic E-state index is 13.4. The number of halogens is 1. The molecule has 10 heteroatoms. The molecule has 1 aromatic heterocycles. The number of nitrogens with zero attached hydrogens (tertiary/aromatic N) is 3. The molecule has 1 N–H and O–H groups in total. The molecule has 2 heterocycles. The van der Waals surface area contributed by atoms with Crippen LogP contribution in [0.25, 0.3) is 11.3 Å². The summed E-state index contributed by atoms with van der Waals surface area (Å²) in [6.45, 7) is 9.97. The minimum absolute atomic E-state index is 0.182. The summed E-state index contributed by atoms with van der Waals surface area (Å²) in [5.41, 5.74) is 2.12. The average Bonchev–Trinajstić information content (AvgIpc) is 2.87. The smallest absolute Gasteiger partial charge is 0.325 e. The number of para-hydroxylation sites is 1. The summed E-state index contributed by atoms with van der Waals surface area (Å²) in [4.78, 5) is 31.2. The fourth-order valence-electron chi connectivity index (χ4n) is 4.27. The molecule has 1 amide bonds. The third-order valence-electron chi connectivity index (χ3n) is 5.81. The molecule has 0 saturated heterocycles. The Morgan fingerprint density at radius 3 is 2.78 bits per heavy atom. The Bertz CT molecular complexity index is 1380. The van der Waals surface area contributed by atoms with Crippen LogP contribution in [0.2, 0.25) is 0 Å². The van der Waals surface area contributed by atoms with E-state index in [9.17, 15) is 9.59 Å². The number of aromatic nitrogens is 3. The van der Waals surface area contributed by atoms with E-state index in [0.717, 1.165) is 18.6 Å². The summed E-state index contributed by atoms with van der Waals surface area (Å²) < 4.78 is 14.1. The molecular formula is C27H30BrN4O4S+. The van der Waals surface area contributed by atoms with Gasteiger partial charge in [-0.3, -0.25) is 14.6 Å². The van der Waals surface area contributed by atoms with Crippen LogP contribution in [0.4, 0.5) is 5.69 Å². The molecule has 0 fully saturated rings. The molecule has 0 unspecified atom stereocenters. The Hall–Kier alpha value is -3.11. The van der Waals surface area contributed by atoms with Gasteiger partial charge in [0.1, 0.15) is 6.61 Å². The normalized spacial score (nSPS) is 14.1. The second-order valence-corrected chi connectivity index (χ2v) is 10.3. The van der Waals surface area contributed by atoms with Gasteiger partial charge in [-0.05, 0) is 58.2 Å². The summed E-state index contributed by atoms with van der Waals surface area (Å²) in [7, 11) is 0. The summed E-state index contributed by atoms with van der Waals surface area (Å²) in [6.07, 6.45) is 2.97. The van der Waals surface area contributed by atoms with Gasteiger partial charge in [-0.15, -0.1) is 0 Å². The highest BCUT2D eigenvalue weighted by atomic mass is 79.9. The summed E-state index contributed by atoms with van der Waals surface area (Å²) in [6, 6.07) is 11.1. The van der Waals surface area contributed by atoms with E-state index in [2.05, 4.69) is 34.4 Å². The van der Waals surface area contributed by atoms with Crippen molar-refractivity contribution in [3.8, 4) is 22.8 Å². The zero-order valence-electron chi connectivity index (χ0n) is 21.1. The lowest BCUT2D eigenvalue weighted by atomic mass is 10.0. The molecule has 1 aliphatic rings. The number of benzene rings is 2. The molecule has 194 valence electrons. The number of ether oxygens (including phenoxy) is 2. The van der Waals surface area contributed by atoms with Crippen LogP contribution in [0.3, 0.4) is 0 Å². The van der Waals surface area contributed by atoms with Crippen molar-refractivity contribution in [2.75, 3.05) is 23.9 Å². The second-order valence-electron chi connectivity index (χ2n) is 8.40. The highest BCUT2D eigenvalue weighted by Gasteiger charge is 2.45. The number of thioether (sulfide) groups is 1. The first-order chi connectivity index (χ1) is 17.9. The van der Waals surface area contributed by atoms with Crippen LogP contribution in [0, 0.1) is 0 Å². The highest BCUT2D eigenvalue weighted by Crippen LogP contribution is 2.42. The Labute approximate surface area is 228 Å². The SMILES string of the molecule is C=CCOc1c(Br)cc([C@H]2N(C(C)=O)c3ccccc3-c3c(=O)[nH]c(SCCCC)n[n+]32)cc1OCC. The minimum Gasteiger partial charge on any atom is -0.490 e. The lowest BCUT2D eigenvalue weighted by Gasteiger charge is -2.31. The van der Waals surface area contributed by atoms with Crippen LogP contribution in [0.5, 0.6) is 11.5 Å². The number of anilines is 1. The van der Waals surface area contributed by atoms with E-state index in [1.165, 1.54) is 18.7 Å². The number of carbonyl (C=O) groups excluding carboxylic acids is 1. The first-order valence-corrected chi connectivity index (χ1v) is 14.0. The first-order valence-electron chi connectivity index (χ1n) is 12.2. The van der Waals surface area contributed by atoms with Crippen LogP contribution in [-0.2, 0) is 4.79 Å². The Morgan fingerprint density at radius 1 is 1.30 bits per heavy atom. The van der Waals surface area contributed by atoms with E-state index in [0.29, 0.717) is 56.9 Å². The molecule has 2 aromatic carbocycles.